The third-order valence-electron chi connectivity index (χ3n) is 5.46. The molecule has 1 aromatic heterocycles. The molecule has 1 aliphatic heterocycles. The standard InChI is InChI=1S/C22H26N4OS/c1-14-12-23-13-19(21-11-16-5-3-4-6-20(16)28-21)25-26-22(15(14)2)24-17-7-9-18(27)10-8-17/h3-6,11-12,17-18,27H,7-10,13H2,1-2H3,(H,24,26). The van der Waals surface area contributed by atoms with Crippen molar-refractivity contribution in [1.29, 1.82) is 0 Å². The Morgan fingerprint density at radius 1 is 1.14 bits per heavy atom. The fourth-order valence-corrected chi connectivity index (χ4v) is 4.59. The number of aliphatic imine (C=N–C) groups is 2. The van der Waals surface area contributed by atoms with Crippen LogP contribution in [0, 0.1) is 0 Å². The molecular weight excluding hydrogens is 368 g/mol. The lowest BCUT2D eigenvalue weighted by molar-refractivity contribution is 0.123. The number of hydrogen-bond donors (Lipinski definition) is 2. The number of hydrazone groups is 1. The van der Waals surface area contributed by atoms with E-state index in [1.165, 1.54) is 10.1 Å². The third-order valence-corrected chi connectivity index (χ3v) is 6.62. The van der Waals surface area contributed by atoms with Crippen molar-refractivity contribution >= 4 is 39.2 Å². The molecule has 4 rings (SSSR count). The van der Waals surface area contributed by atoms with Gasteiger partial charge in [0.05, 0.1) is 29.3 Å². The van der Waals surface area contributed by atoms with E-state index in [1.54, 1.807) is 11.3 Å². The van der Waals surface area contributed by atoms with Gasteiger partial charge in [-0.05, 0) is 68.2 Å². The lowest BCUT2D eigenvalue weighted by Crippen LogP contribution is -2.27. The number of rotatable bonds is 2. The highest BCUT2D eigenvalue weighted by molar-refractivity contribution is 7.20. The summed E-state index contributed by atoms with van der Waals surface area (Å²) in [6.07, 6.45) is 5.22. The summed E-state index contributed by atoms with van der Waals surface area (Å²) >= 11 is 1.74. The largest absolute Gasteiger partial charge is 0.393 e. The van der Waals surface area contributed by atoms with Crippen molar-refractivity contribution in [2.45, 2.75) is 51.7 Å². The molecule has 0 atom stereocenters. The smallest absolute Gasteiger partial charge is 0.144 e. The first-order chi connectivity index (χ1) is 13.6. The summed E-state index contributed by atoms with van der Waals surface area (Å²) in [5.41, 5.74) is 6.32. The minimum Gasteiger partial charge on any atom is -0.393 e. The van der Waals surface area contributed by atoms with Crippen LogP contribution in [0.1, 0.15) is 44.4 Å². The number of fused-ring (bicyclic) bond motifs is 1. The van der Waals surface area contributed by atoms with E-state index >= 15 is 0 Å². The number of nitrogens with zero attached hydrogens (tertiary/aromatic N) is 3. The number of amidine groups is 1. The summed E-state index contributed by atoms with van der Waals surface area (Å²) in [5, 5.41) is 15.7. The van der Waals surface area contributed by atoms with Crippen LogP contribution in [0.15, 0.2) is 56.6 Å². The summed E-state index contributed by atoms with van der Waals surface area (Å²) < 4.78 is 1.25. The van der Waals surface area contributed by atoms with Crippen molar-refractivity contribution in [3.05, 3.63) is 46.4 Å². The first-order valence-electron chi connectivity index (χ1n) is 9.85. The summed E-state index contributed by atoms with van der Waals surface area (Å²) in [7, 11) is 0. The van der Waals surface area contributed by atoms with Gasteiger partial charge in [-0.3, -0.25) is 15.4 Å². The second-order valence-electron chi connectivity index (χ2n) is 7.54. The van der Waals surface area contributed by atoms with Crippen molar-refractivity contribution < 1.29 is 5.11 Å². The predicted molar refractivity (Wildman–Crippen MR) is 119 cm³/mol. The summed E-state index contributed by atoms with van der Waals surface area (Å²) in [6.45, 7) is 4.66. The summed E-state index contributed by atoms with van der Waals surface area (Å²) in [6, 6.07) is 10.8. The Labute approximate surface area is 169 Å². The van der Waals surface area contributed by atoms with Gasteiger partial charge in [0.15, 0.2) is 0 Å². The average molecular weight is 395 g/mol. The number of aliphatic hydroxyl groups is 1. The van der Waals surface area contributed by atoms with Gasteiger partial charge in [-0.1, -0.05) is 18.2 Å². The molecule has 1 aliphatic carbocycles. The molecule has 2 aromatic rings. The molecule has 28 heavy (non-hydrogen) atoms. The molecule has 1 aromatic carbocycles. The van der Waals surface area contributed by atoms with Crippen LogP contribution < -0.4 is 5.43 Å². The van der Waals surface area contributed by atoms with Crippen LogP contribution in [-0.2, 0) is 0 Å². The molecule has 0 radical (unpaired) electrons. The Morgan fingerprint density at radius 2 is 1.93 bits per heavy atom. The van der Waals surface area contributed by atoms with Crippen molar-refractivity contribution in [3.63, 3.8) is 0 Å². The normalized spacial score (nSPS) is 25.2. The Kier molecular flexibility index (Phi) is 5.69. The maximum atomic E-state index is 9.76. The average Bonchev–Trinajstić information content (AvgIpc) is 3.15. The zero-order valence-electron chi connectivity index (χ0n) is 16.4. The molecule has 0 spiro atoms. The van der Waals surface area contributed by atoms with Gasteiger partial charge < -0.3 is 5.11 Å². The Balaban J connectivity index is 1.65. The summed E-state index contributed by atoms with van der Waals surface area (Å²) in [5.74, 6) is 0.811. The van der Waals surface area contributed by atoms with Gasteiger partial charge in [0.25, 0.3) is 0 Å². The van der Waals surface area contributed by atoms with Crippen molar-refractivity contribution in [2.24, 2.45) is 15.1 Å². The molecule has 0 unspecified atom stereocenters. The molecule has 5 nitrogen and oxygen atoms in total. The van der Waals surface area contributed by atoms with Crippen LogP contribution in [0.25, 0.3) is 10.1 Å². The maximum Gasteiger partial charge on any atom is 0.144 e. The van der Waals surface area contributed by atoms with E-state index in [1.807, 2.05) is 6.21 Å². The maximum absolute atomic E-state index is 9.76. The molecule has 1 saturated carbocycles. The molecular formula is C22H26N4OS. The zero-order valence-corrected chi connectivity index (χ0v) is 17.2. The van der Waals surface area contributed by atoms with Crippen LogP contribution in [0.2, 0.25) is 0 Å². The van der Waals surface area contributed by atoms with Gasteiger partial charge in [-0.15, -0.1) is 11.3 Å². The van der Waals surface area contributed by atoms with Gasteiger partial charge in [-0.25, -0.2) is 0 Å². The van der Waals surface area contributed by atoms with Crippen molar-refractivity contribution in [3.8, 4) is 0 Å². The van der Waals surface area contributed by atoms with Gasteiger partial charge in [-0.2, -0.15) is 5.10 Å². The van der Waals surface area contributed by atoms with E-state index in [4.69, 9.17) is 10.1 Å². The number of benzene rings is 1. The van der Waals surface area contributed by atoms with Crippen LogP contribution in [0.3, 0.4) is 0 Å². The predicted octanol–water partition coefficient (Wildman–Crippen LogP) is 4.32. The lowest BCUT2D eigenvalue weighted by Gasteiger charge is -2.23. The first kappa shape index (κ1) is 19.0. The zero-order chi connectivity index (χ0) is 19.5. The van der Waals surface area contributed by atoms with E-state index < -0.39 is 0 Å². The van der Waals surface area contributed by atoms with E-state index in [0.29, 0.717) is 6.54 Å². The highest BCUT2D eigenvalue weighted by Gasteiger charge is 2.20. The Hall–Kier alpha value is -2.31. The topological polar surface area (TPSA) is 69.3 Å². The molecule has 2 N–H and O–H groups in total. The monoisotopic (exact) mass is 394 g/mol. The minimum absolute atomic E-state index is 0.173. The van der Waals surface area contributed by atoms with E-state index in [0.717, 1.165) is 53.3 Å². The second kappa shape index (κ2) is 8.37. The van der Waals surface area contributed by atoms with Crippen molar-refractivity contribution in [1.82, 2.24) is 5.43 Å². The van der Waals surface area contributed by atoms with E-state index in [2.05, 4.69) is 54.6 Å². The fourth-order valence-electron chi connectivity index (χ4n) is 3.54. The van der Waals surface area contributed by atoms with Gasteiger partial charge in [0.1, 0.15) is 5.84 Å². The van der Waals surface area contributed by atoms with E-state index in [-0.39, 0.29) is 12.1 Å². The number of allylic oxidation sites excluding steroid dienone is 1. The third kappa shape index (κ3) is 4.23. The van der Waals surface area contributed by atoms with Crippen LogP contribution in [-0.4, -0.2) is 41.6 Å². The number of nitrogens with one attached hydrogen (secondary N) is 1. The first-order valence-corrected chi connectivity index (χ1v) is 10.7. The Bertz CT molecular complexity index is 944. The van der Waals surface area contributed by atoms with Gasteiger partial charge in [0.2, 0.25) is 0 Å². The highest BCUT2D eigenvalue weighted by atomic mass is 32.1. The molecule has 146 valence electrons. The molecule has 2 aliphatic rings. The van der Waals surface area contributed by atoms with E-state index in [9.17, 15) is 5.11 Å². The molecule has 2 heterocycles. The minimum atomic E-state index is -0.173. The quantitative estimate of drug-likeness (QED) is 0.796. The van der Waals surface area contributed by atoms with Crippen LogP contribution >= 0.6 is 11.3 Å². The van der Waals surface area contributed by atoms with Gasteiger partial charge >= 0.3 is 0 Å². The number of hydrogen-bond acceptors (Lipinski definition) is 5. The molecule has 0 bridgehead atoms. The molecule has 1 fully saturated rings. The SMILES string of the molecule is CC1=C(C)C(=NC2CCC(O)CC2)NN=C(c2cc3ccccc3s2)CN=C1. The molecule has 0 amide bonds. The summed E-state index contributed by atoms with van der Waals surface area (Å²) in [4.78, 5) is 10.7. The highest BCUT2D eigenvalue weighted by Crippen LogP contribution is 2.26. The lowest BCUT2D eigenvalue weighted by atomic mass is 9.93. The van der Waals surface area contributed by atoms with Crippen molar-refractivity contribution in [2.75, 3.05) is 6.54 Å². The molecule has 6 heteroatoms. The van der Waals surface area contributed by atoms with Gasteiger partial charge in [0, 0.05) is 10.9 Å². The van der Waals surface area contributed by atoms with Crippen LogP contribution in [0.5, 0.6) is 0 Å². The fraction of sp³-hybridized carbons (Fsp3) is 0.409. The number of thiophene rings is 1. The number of aliphatic hydroxyl groups excluding tert-OH is 1. The second-order valence-corrected chi connectivity index (χ2v) is 8.62. The van der Waals surface area contributed by atoms with Crippen LogP contribution in [0.4, 0.5) is 0 Å². The molecule has 0 saturated heterocycles. The Morgan fingerprint density at radius 3 is 2.71 bits per heavy atom.